The molecule has 1 amide bonds. The third kappa shape index (κ3) is 3.82. The van der Waals surface area contributed by atoms with Crippen LogP contribution in [0.15, 0.2) is 70.2 Å². The highest BCUT2D eigenvalue weighted by Gasteiger charge is 2.14. The molecule has 0 saturated heterocycles. The van der Waals surface area contributed by atoms with Gasteiger partial charge in [0.15, 0.2) is 5.76 Å². The number of carbonyl (C=O) groups is 1. The van der Waals surface area contributed by atoms with Crippen LogP contribution < -0.4 is 5.43 Å². The van der Waals surface area contributed by atoms with Crippen LogP contribution in [0.5, 0.6) is 0 Å². The molecular formula is C23H20ClN3O2. The lowest BCUT2D eigenvalue weighted by molar-refractivity contribution is 0.0926. The third-order valence-corrected chi connectivity index (χ3v) is 5.26. The largest absolute Gasteiger partial charge is 0.456 e. The average molecular weight is 406 g/mol. The number of hydrogen-bond acceptors (Lipinski definition) is 3. The maximum Gasteiger partial charge on any atom is 0.307 e. The Labute approximate surface area is 173 Å². The second-order valence-electron chi connectivity index (χ2n) is 6.80. The standard InChI is InChI=1S/C23H20ClN3O2/c1-15-11-12-22(29-15)23(28)26-25-13-19-16(2)27(21-10-6-4-8-18(19)21)14-17-7-3-5-9-20(17)24/h3-13H,14H2,1-2H3,(H,26,28)/b25-13-. The van der Waals surface area contributed by atoms with Gasteiger partial charge in [-0.3, -0.25) is 4.79 Å². The maximum atomic E-state index is 12.1. The molecule has 0 unspecified atom stereocenters. The first-order valence-electron chi connectivity index (χ1n) is 9.25. The minimum Gasteiger partial charge on any atom is -0.456 e. The first-order valence-corrected chi connectivity index (χ1v) is 9.63. The minimum absolute atomic E-state index is 0.234. The molecule has 4 aromatic rings. The summed E-state index contributed by atoms with van der Waals surface area (Å²) in [7, 11) is 0. The number of hydrogen-bond donors (Lipinski definition) is 1. The molecule has 146 valence electrons. The summed E-state index contributed by atoms with van der Waals surface area (Å²) in [5.41, 5.74) is 6.64. The smallest absolute Gasteiger partial charge is 0.307 e. The molecule has 6 heteroatoms. The fraction of sp³-hybridized carbons (Fsp3) is 0.130. The quantitative estimate of drug-likeness (QED) is 0.361. The van der Waals surface area contributed by atoms with Gasteiger partial charge in [0.1, 0.15) is 5.76 Å². The van der Waals surface area contributed by atoms with Gasteiger partial charge in [0.05, 0.1) is 6.21 Å². The first-order chi connectivity index (χ1) is 14.0. The normalized spacial score (nSPS) is 11.4. The van der Waals surface area contributed by atoms with E-state index in [1.807, 2.05) is 49.4 Å². The molecule has 0 bridgehead atoms. The Morgan fingerprint density at radius 1 is 1.10 bits per heavy atom. The number of furan rings is 1. The number of para-hydroxylation sites is 1. The van der Waals surface area contributed by atoms with E-state index in [1.165, 1.54) is 0 Å². The summed E-state index contributed by atoms with van der Waals surface area (Å²) in [6.45, 7) is 4.48. The monoisotopic (exact) mass is 405 g/mol. The Morgan fingerprint density at radius 2 is 1.86 bits per heavy atom. The lowest BCUT2D eigenvalue weighted by Gasteiger charge is -2.10. The fourth-order valence-corrected chi connectivity index (χ4v) is 3.58. The lowest BCUT2D eigenvalue weighted by atomic mass is 10.1. The molecule has 1 N–H and O–H groups in total. The minimum atomic E-state index is -0.383. The van der Waals surface area contributed by atoms with E-state index in [-0.39, 0.29) is 11.7 Å². The number of nitrogens with zero attached hydrogens (tertiary/aromatic N) is 2. The summed E-state index contributed by atoms with van der Waals surface area (Å²) < 4.78 is 7.53. The molecule has 0 radical (unpaired) electrons. The Bertz CT molecular complexity index is 1220. The highest BCUT2D eigenvalue weighted by Crippen LogP contribution is 2.27. The molecule has 0 atom stereocenters. The van der Waals surface area contributed by atoms with Gasteiger partial charge < -0.3 is 8.98 Å². The van der Waals surface area contributed by atoms with Crippen molar-refractivity contribution in [2.75, 3.05) is 0 Å². The number of benzene rings is 2. The number of nitrogens with one attached hydrogen (secondary N) is 1. The molecule has 5 nitrogen and oxygen atoms in total. The lowest BCUT2D eigenvalue weighted by Crippen LogP contribution is -2.16. The number of fused-ring (bicyclic) bond motifs is 1. The van der Waals surface area contributed by atoms with Gasteiger partial charge in [0.2, 0.25) is 0 Å². The van der Waals surface area contributed by atoms with Crippen molar-refractivity contribution < 1.29 is 9.21 Å². The number of carbonyl (C=O) groups excluding carboxylic acids is 1. The van der Waals surface area contributed by atoms with Gasteiger partial charge in [0, 0.05) is 33.7 Å². The molecule has 0 aliphatic rings. The molecule has 0 aliphatic heterocycles. The molecule has 0 fully saturated rings. The van der Waals surface area contributed by atoms with Crippen LogP contribution in [0.2, 0.25) is 5.02 Å². The number of aromatic nitrogens is 1. The van der Waals surface area contributed by atoms with E-state index in [1.54, 1.807) is 25.3 Å². The van der Waals surface area contributed by atoms with E-state index >= 15 is 0 Å². The molecule has 4 rings (SSSR count). The Kier molecular flexibility index (Phi) is 5.23. The van der Waals surface area contributed by atoms with Crippen LogP contribution >= 0.6 is 11.6 Å². The Morgan fingerprint density at radius 3 is 2.62 bits per heavy atom. The Hall–Kier alpha value is -3.31. The van der Waals surface area contributed by atoms with Crippen molar-refractivity contribution >= 4 is 34.6 Å². The maximum absolute atomic E-state index is 12.1. The topological polar surface area (TPSA) is 59.5 Å². The molecule has 2 aromatic heterocycles. The molecule has 2 aromatic carbocycles. The summed E-state index contributed by atoms with van der Waals surface area (Å²) in [5, 5.41) is 5.95. The number of hydrazone groups is 1. The van der Waals surface area contributed by atoms with Gasteiger partial charge in [0.25, 0.3) is 0 Å². The van der Waals surface area contributed by atoms with Crippen LogP contribution in [0.4, 0.5) is 0 Å². The van der Waals surface area contributed by atoms with Gasteiger partial charge in [-0.1, -0.05) is 48.0 Å². The van der Waals surface area contributed by atoms with Crippen molar-refractivity contribution in [2.24, 2.45) is 5.10 Å². The second kappa shape index (κ2) is 7.97. The van der Waals surface area contributed by atoms with E-state index in [4.69, 9.17) is 16.0 Å². The van der Waals surface area contributed by atoms with Crippen molar-refractivity contribution in [2.45, 2.75) is 20.4 Å². The van der Waals surface area contributed by atoms with E-state index in [0.29, 0.717) is 12.3 Å². The zero-order valence-corrected chi connectivity index (χ0v) is 16.9. The van der Waals surface area contributed by atoms with E-state index in [9.17, 15) is 4.79 Å². The second-order valence-corrected chi connectivity index (χ2v) is 7.21. The first kappa shape index (κ1) is 19.0. The van der Waals surface area contributed by atoms with Crippen LogP contribution in [0.1, 0.15) is 33.1 Å². The van der Waals surface area contributed by atoms with Crippen LogP contribution in [0.3, 0.4) is 0 Å². The van der Waals surface area contributed by atoms with E-state index in [2.05, 4.69) is 21.2 Å². The Balaban J connectivity index is 1.65. The van der Waals surface area contributed by atoms with Gasteiger partial charge in [-0.25, -0.2) is 5.43 Å². The van der Waals surface area contributed by atoms with Crippen molar-refractivity contribution in [3.05, 3.63) is 94.0 Å². The zero-order valence-electron chi connectivity index (χ0n) is 16.1. The predicted octanol–water partition coefficient (Wildman–Crippen LogP) is 5.32. The van der Waals surface area contributed by atoms with Crippen LogP contribution in [0, 0.1) is 13.8 Å². The van der Waals surface area contributed by atoms with Crippen LogP contribution in [-0.2, 0) is 6.54 Å². The highest BCUT2D eigenvalue weighted by molar-refractivity contribution is 6.31. The molecular weight excluding hydrogens is 386 g/mol. The predicted molar refractivity (Wildman–Crippen MR) is 116 cm³/mol. The van der Waals surface area contributed by atoms with Crippen LogP contribution in [0.25, 0.3) is 10.9 Å². The SMILES string of the molecule is Cc1ccc(C(=O)N/N=C\c2c(C)n(Cc3ccccc3Cl)c3ccccc23)o1. The molecule has 29 heavy (non-hydrogen) atoms. The highest BCUT2D eigenvalue weighted by atomic mass is 35.5. The summed E-state index contributed by atoms with van der Waals surface area (Å²) in [6.07, 6.45) is 1.68. The molecule has 2 heterocycles. The van der Waals surface area contributed by atoms with Crippen molar-refractivity contribution in [1.29, 1.82) is 0 Å². The van der Waals surface area contributed by atoms with E-state index in [0.717, 1.165) is 32.7 Å². The van der Waals surface area contributed by atoms with Crippen molar-refractivity contribution in [1.82, 2.24) is 9.99 Å². The third-order valence-electron chi connectivity index (χ3n) is 4.89. The summed E-state index contributed by atoms with van der Waals surface area (Å²) >= 11 is 6.37. The number of amides is 1. The summed E-state index contributed by atoms with van der Waals surface area (Å²) in [4.78, 5) is 12.1. The molecule has 0 spiro atoms. The van der Waals surface area contributed by atoms with Crippen molar-refractivity contribution in [3.63, 3.8) is 0 Å². The number of aryl methyl sites for hydroxylation is 1. The summed E-state index contributed by atoms with van der Waals surface area (Å²) in [6, 6.07) is 19.3. The van der Waals surface area contributed by atoms with E-state index < -0.39 is 0 Å². The average Bonchev–Trinajstić information content (AvgIpc) is 3.26. The number of halogens is 1. The van der Waals surface area contributed by atoms with Crippen molar-refractivity contribution in [3.8, 4) is 0 Å². The molecule has 0 aliphatic carbocycles. The van der Waals surface area contributed by atoms with Gasteiger partial charge in [-0.2, -0.15) is 5.10 Å². The van der Waals surface area contributed by atoms with Gasteiger partial charge in [-0.05, 0) is 43.7 Å². The van der Waals surface area contributed by atoms with Gasteiger partial charge in [-0.15, -0.1) is 0 Å². The van der Waals surface area contributed by atoms with Gasteiger partial charge >= 0.3 is 5.91 Å². The number of rotatable bonds is 5. The molecule has 0 saturated carbocycles. The zero-order chi connectivity index (χ0) is 20.4. The van der Waals surface area contributed by atoms with Crippen LogP contribution in [-0.4, -0.2) is 16.7 Å². The summed E-state index contributed by atoms with van der Waals surface area (Å²) in [5.74, 6) is 0.530. The fourth-order valence-electron chi connectivity index (χ4n) is 3.39.